The zero-order valence-electron chi connectivity index (χ0n) is 25.8. The minimum atomic E-state index is -0.760. The molecule has 12 heteroatoms. The van der Waals surface area contributed by atoms with Crippen LogP contribution in [0.15, 0.2) is 69.1 Å². The molecule has 234 valence electrons. The molecule has 5 aromatic rings. The number of carbonyl (C=O) groups excluding carboxylic acids is 2. The first-order valence-electron chi connectivity index (χ1n) is 14.7. The second-order valence-corrected chi connectivity index (χ2v) is 9.82. The van der Waals surface area contributed by atoms with Gasteiger partial charge in [0.1, 0.15) is 22.6 Å². The summed E-state index contributed by atoms with van der Waals surface area (Å²) in [4.78, 5) is 50.4. The van der Waals surface area contributed by atoms with Gasteiger partial charge in [0.15, 0.2) is 17.0 Å². The first-order chi connectivity index (χ1) is 21.8. The van der Waals surface area contributed by atoms with Gasteiger partial charge in [-0.05, 0) is 76.6 Å². The average Bonchev–Trinajstić information content (AvgIpc) is 3.54. The molecule has 4 heterocycles. The fourth-order valence-corrected chi connectivity index (χ4v) is 4.95. The van der Waals surface area contributed by atoms with Crippen LogP contribution >= 0.6 is 0 Å². The third-order valence-corrected chi connectivity index (χ3v) is 6.86. The number of carbonyl (C=O) groups is 2. The lowest BCUT2D eigenvalue weighted by Gasteiger charge is -2.17. The summed E-state index contributed by atoms with van der Waals surface area (Å²) >= 11 is 0. The Balaban J connectivity index is 1.85. The number of fused-ring (bicyclic) bond motifs is 2. The van der Waals surface area contributed by atoms with Crippen molar-refractivity contribution in [1.29, 1.82) is 0 Å². The van der Waals surface area contributed by atoms with Gasteiger partial charge in [-0.25, -0.2) is 9.78 Å². The summed E-state index contributed by atoms with van der Waals surface area (Å²) < 4.78 is 31.3. The van der Waals surface area contributed by atoms with Crippen LogP contribution in [0.3, 0.4) is 0 Å². The van der Waals surface area contributed by atoms with E-state index in [4.69, 9.17) is 28.3 Å². The van der Waals surface area contributed by atoms with Crippen molar-refractivity contribution >= 4 is 28.6 Å². The minimum Gasteiger partial charge on any atom is -0.490 e. The van der Waals surface area contributed by atoms with Crippen molar-refractivity contribution in [3.63, 3.8) is 0 Å². The van der Waals surface area contributed by atoms with E-state index < -0.39 is 17.4 Å². The van der Waals surface area contributed by atoms with Crippen LogP contribution in [0, 0.1) is 6.92 Å². The van der Waals surface area contributed by atoms with Gasteiger partial charge in [-0.15, -0.1) is 0 Å². The summed E-state index contributed by atoms with van der Waals surface area (Å²) in [5.41, 5.74) is 0.970. The van der Waals surface area contributed by atoms with E-state index in [2.05, 4.69) is 4.99 Å². The zero-order valence-corrected chi connectivity index (χ0v) is 25.8. The Hall–Kier alpha value is -5.39. The molecule has 0 unspecified atom stereocenters. The number of nitrogens with zero attached hydrogens (tertiary/aromatic N) is 4. The van der Waals surface area contributed by atoms with Gasteiger partial charge in [0.25, 0.3) is 11.5 Å². The fraction of sp³-hybridized carbons (Fsp3) is 0.303. The van der Waals surface area contributed by atoms with Gasteiger partial charge in [-0.1, -0.05) is 6.07 Å². The van der Waals surface area contributed by atoms with Crippen LogP contribution < -0.4 is 25.3 Å². The van der Waals surface area contributed by atoms with Gasteiger partial charge in [0.05, 0.1) is 44.6 Å². The number of aromatic nitrogens is 3. The molecule has 1 aromatic carbocycles. The predicted molar refractivity (Wildman–Crippen MR) is 165 cm³/mol. The maximum atomic E-state index is 14.0. The molecule has 0 aliphatic heterocycles. The summed E-state index contributed by atoms with van der Waals surface area (Å²) in [6.07, 6.45) is 3.11. The highest BCUT2D eigenvalue weighted by Gasteiger charge is 2.23. The number of furan rings is 1. The van der Waals surface area contributed by atoms with Crippen LogP contribution in [0.5, 0.6) is 17.2 Å². The monoisotopic (exact) mass is 614 g/mol. The molecular formula is C33H34N4O8. The minimum absolute atomic E-state index is 0.00895. The average molecular weight is 615 g/mol. The van der Waals surface area contributed by atoms with Gasteiger partial charge in [0.2, 0.25) is 5.75 Å². The topological polar surface area (TPSA) is 136 Å². The Kier molecular flexibility index (Phi) is 9.31. The van der Waals surface area contributed by atoms with Crippen LogP contribution in [0.4, 0.5) is 0 Å². The Bertz CT molecular complexity index is 1980. The Morgan fingerprint density at radius 3 is 2.24 bits per heavy atom. The molecule has 0 spiro atoms. The molecule has 5 rings (SSSR count). The number of hydrogen-bond donors (Lipinski definition) is 0. The Morgan fingerprint density at radius 2 is 1.62 bits per heavy atom. The molecule has 4 aromatic heterocycles. The number of rotatable bonds is 11. The van der Waals surface area contributed by atoms with E-state index >= 15 is 0 Å². The second-order valence-electron chi connectivity index (χ2n) is 9.82. The zero-order chi connectivity index (χ0) is 32.1. The van der Waals surface area contributed by atoms with Crippen LogP contribution in [0.1, 0.15) is 59.7 Å². The quantitative estimate of drug-likeness (QED) is 0.153. The van der Waals surface area contributed by atoms with E-state index in [1.54, 1.807) is 31.3 Å². The smallest absolute Gasteiger partial charge is 0.341 e. The third-order valence-electron chi connectivity index (χ3n) is 6.86. The normalized spacial score (nSPS) is 11.6. The summed E-state index contributed by atoms with van der Waals surface area (Å²) in [7, 11) is 0. The lowest BCUT2D eigenvalue weighted by molar-refractivity contribution is 0.0523. The molecule has 0 N–H and O–H groups in total. The highest BCUT2D eigenvalue weighted by atomic mass is 16.5. The summed E-state index contributed by atoms with van der Waals surface area (Å²) in [6.45, 7) is 10.0. The van der Waals surface area contributed by atoms with Crippen molar-refractivity contribution in [2.24, 2.45) is 4.99 Å². The maximum Gasteiger partial charge on any atom is 0.341 e. The first kappa shape index (κ1) is 31.0. The highest BCUT2D eigenvalue weighted by Crippen LogP contribution is 2.39. The molecule has 0 aliphatic carbocycles. The van der Waals surface area contributed by atoms with Crippen molar-refractivity contribution in [3.05, 3.63) is 93.2 Å². The SMILES string of the molecule is CCOC(=O)c1cc2c(=O)n3cccc(C)c3nc2n(Cc2ccco2)c1=NC(=O)c1cc(OCC)c(OCC)c(OCC)c1. The van der Waals surface area contributed by atoms with Crippen LogP contribution in [0.2, 0.25) is 0 Å². The predicted octanol–water partition coefficient (Wildman–Crippen LogP) is 4.71. The number of esters is 1. The van der Waals surface area contributed by atoms with Gasteiger partial charge < -0.3 is 27.9 Å². The van der Waals surface area contributed by atoms with Crippen molar-refractivity contribution in [2.45, 2.75) is 41.2 Å². The number of pyridine rings is 2. The molecule has 1 amide bonds. The van der Waals surface area contributed by atoms with Gasteiger partial charge in [0, 0.05) is 11.8 Å². The fourth-order valence-electron chi connectivity index (χ4n) is 4.95. The van der Waals surface area contributed by atoms with E-state index in [1.807, 2.05) is 33.8 Å². The second kappa shape index (κ2) is 13.5. The molecule has 0 bridgehead atoms. The standard InChI is InChI=1S/C33H34N4O8/c1-6-41-25-16-21(17-26(42-7-2)27(25)43-8-3)31(38)35-30-24(33(40)44-9-4)18-23-29(37(30)19-22-13-11-15-45-22)34-28-20(5)12-10-14-36(28)32(23)39/h10-18H,6-9,19H2,1-5H3. The van der Waals surface area contributed by atoms with Crippen LogP contribution in [-0.2, 0) is 11.3 Å². The van der Waals surface area contributed by atoms with E-state index in [1.165, 1.54) is 33.4 Å². The third kappa shape index (κ3) is 6.17. The van der Waals surface area contributed by atoms with Crippen molar-refractivity contribution in [3.8, 4) is 17.2 Å². The van der Waals surface area contributed by atoms with Crippen LogP contribution in [0.25, 0.3) is 16.7 Å². The molecule has 0 aliphatic rings. The van der Waals surface area contributed by atoms with E-state index in [-0.39, 0.29) is 40.8 Å². The van der Waals surface area contributed by atoms with E-state index in [9.17, 15) is 14.4 Å². The molecule has 45 heavy (non-hydrogen) atoms. The summed E-state index contributed by atoms with van der Waals surface area (Å²) in [6, 6.07) is 11.4. The molecule has 12 nitrogen and oxygen atoms in total. The Morgan fingerprint density at radius 1 is 0.911 bits per heavy atom. The number of ether oxygens (including phenoxy) is 4. The lowest BCUT2D eigenvalue weighted by Crippen LogP contribution is -2.33. The summed E-state index contributed by atoms with van der Waals surface area (Å²) in [5.74, 6) is 0.0178. The van der Waals surface area contributed by atoms with Gasteiger partial charge >= 0.3 is 5.97 Å². The molecular weight excluding hydrogens is 580 g/mol. The van der Waals surface area contributed by atoms with Crippen molar-refractivity contribution in [1.82, 2.24) is 14.0 Å². The van der Waals surface area contributed by atoms with Crippen LogP contribution in [-0.4, -0.2) is 52.3 Å². The first-order valence-corrected chi connectivity index (χ1v) is 14.7. The van der Waals surface area contributed by atoms with Crippen molar-refractivity contribution < 1.29 is 33.0 Å². The largest absolute Gasteiger partial charge is 0.490 e. The number of hydrogen-bond acceptors (Lipinski definition) is 9. The molecule has 0 saturated carbocycles. The van der Waals surface area contributed by atoms with Gasteiger partial charge in [-0.3, -0.25) is 14.0 Å². The Labute approximate surface area is 258 Å². The summed E-state index contributed by atoms with van der Waals surface area (Å²) in [5, 5.41) is 0.137. The van der Waals surface area contributed by atoms with Gasteiger partial charge in [-0.2, -0.15) is 4.99 Å². The number of amides is 1. The molecule has 0 atom stereocenters. The number of benzene rings is 1. The molecule has 0 radical (unpaired) electrons. The van der Waals surface area contributed by atoms with Crippen molar-refractivity contribution in [2.75, 3.05) is 26.4 Å². The molecule has 0 saturated heterocycles. The van der Waals surface area contributed by atoms with E-state index in [0.29, 0.717) is 48.5 Å². The lowest BCUT2D eigenvalue weighted by atomic mass is 10.1. The molecule has 0 fully saturated rings. The van der Waals surface area contributed by atoms with E-state index in [0.717, 1.165) is 5.56 Å². The number of aryl methyl sites for hydroxylation is 1. The highest BCUT2D eigenvalue weighted by molar-refractivity contribution is 5.98. The maximum absolute atomic E-state index is 14.0.